The van der Waals surface area contributed by atoms with E-state index in [4.69, 9.17) is 4.74 Å². The lowest BCUT2D eigenvalue weighted by molar-refractivity contribution is 0.0925. The fourth-order valence-corrected chi connectivity index (χ4v) is 2.31. The van der Waals surface area contributed by atoms with Crippen molar-refractivity contribution in [2.75, 3.05) is 6.54 Å². The minimum atomic E-state index is 0.0332. The van der Waals surface area contributed by atoms with Crippen molar-refractivity contribution in [3.8, 4) is 5.75 Å². The maximum atomic E-state index is 6.04. The summed E-state index contributed by atoms with van der Waals surface area (Å²) in [5.41, 5.74) is 1.38. The Morgan fingerprint density at radius 3 is 3.00 bits per heavy atom. The van der Waals surface area contributed by atoms with Crippen LogP contribution in [0.2, 0.25) is 0 Å². The predicted octanol–water partition coefficient (Wildman–Crippen LogP) is 2.22. The summed E-state index contributed by atoms with van der Waals surface area (Å²) in [7, 11) is 0. The molecule has 0 fully saturated rings. The first kappa shape index (κ1) is 8.04. The van der Waals surface area contributed by atoms with Gasteiger partial charge in [0.15, 0.2) is 0 Å². The molecule has 1 aromatic carbocycles. The SMILES string of the molecule is C1=NCCC2(C1)Cc1ccccc1O2. The molecule has 1 unspecified atom stereocenters. The topological polar surface area (TPSA) is 21.6 Å². The van der Waals surface area contributed by atoms with Gasteiger partial charge in [0, 0.05) is 32.0 Å². The average Bonchev–Trinajstić information content (AvgIpc) is 2.56. The van der Waals surface area contributed by atoms with Crippen LogP contribution < -0.4 is 4.74 Å². The number of hydrogen-bond acceptors (Lipinski definition) is 2. The van der Waals surface area contributed by atoms with Gasteiger partial charge in [-0.1, -0.05) is 18.2 Å². The minimum absolute atomic E-state index is 0.0332. The van der Waals surface area contributed by atoms with Crippen molar-refractivity contribution in [2.24, 2.45) is 4.99 Å². The van der Waals surface area contributed by atoms with Crippen LogP contribution in [0.1, 0.15) is 18.4 Å². The molecule has 2 aliphatic rings. The Bertz CT molecular complexity index is 359. The number of ether oxygens (including phenoxy) is 1. The van der Waals surface area contributed by atoms with Crippen molar-refractivity contribution >= 4 is 6.21 Å². The van der Waals surface area contributed by atoms with E-state index in [1.165, 1.54) is 5.56 Å². The Labute approximate surface area is 83.6 Å². The van der Waals surface area contributed by atoms with Gasteiger partial charge in [-0.25, -0.2) is 0 Å². The summed E-state index contributed by atoms with van der Waals surface area (Å²) >= 11 is 0. The lowest BCUT2D eigenvalue weighted by atomic mass is 9.89. The number of para-hydroxylation sites is 1. The normalized spacial score (nSPS) is 28.9. The first-order valence-electron chi connectivity index (χ1n) is 5.13. The van der Waals surface area contributed by atoms with E-state index < -0.39 is 0 Å². The molecule has 0 saturated heterocycles. The van der Waals surface area contributed by atoms with Crippen LogP contribution >= 0.6 is 0 Å². The zero-order chi connectivity index (χ0) is 9.43. The van der Waals surface area contributed by atoms with E-state index in [9.17, 15) is 0 Å². The molecule has 2 heterocycles. The second-order valence-electron chi connectivity index (χ2n) is 4.11. The number of benzene rings is 1. The van der Waals surface area contributed by atoms with Gasteiger partial charge in [0.05, 0.1) is 0 Å². The largest absolute Gasteiger partial charge is 0.486 e. The molecule has 1 spiro atoms. The molecule has 3 rings (SSSR count). The van der Waals surface area contributed by atoms with Gasteiger partial charge in [0.25, 0.3) is 0 Å². The highest BCUT2D eigenvalue weighted by atomic mass is 16.5. The highest BCUT2D eigenvalue weighted by Gasteiger charge is 2.39. The summed E-state index contributed by atoms with van der Waals surface area (Å²) in [5.74, 6) is 1.07. The Balaban J connectivity index is 1.93. The third-order valence-corrected chi connectivity index (χ3v) is 3.10. The minimum Gasteiger partial charge on any atom is -0.486 e. The van der Waals surface area contributed by atoms with Crippen LogP contribution in [0.5, 0.6) is 5.75 Å². The van der Waals surface area contributed by atoms with Crippen LogP contribution in [-0.2, 0) is 6.42 Å². The summed E-state index contributed by atoms with van der Waals surface area (Å²) in [6.07, 6.45) is 5.07. The first-order chi connectivity index (χ1) is 6.88. The van der Waals surface area contributed by atoms with Crippen LogP contribution in [0.3, 0.4) is 0 Å². The molecule has 0 aromatic heterocycles. The fourth-order valence-electron chi connectivity index (χ4n) is 2.31. The van der Waals surface area contributed by atoms with Crippen molar-refractivity contribution in [1.82, 2.24) is 0 Å². The summed E-state index contributed by atoms with van der Waals surface area (Å²) < 4.78 is 6.04. The predicted molar refractivity (Wildman–Crippen MR) is 56.1 cm³/mol. The van der Waals surface area contributed by atoms with Gasteiger partial charge >= 0.3 is 0 Å². The highest BCUT2D eigenvalue weighted by Crippen LogP contribution is 2.39. The molecule has 2 nitrogen and oxygen atoms in total. The standard InChI is InChI=1S/C12H13NO/c1-2-4-11-10(3-1)9-12(14-11)5-7-13-8-6-12/h1-4,7H,5-6,8-9H2. The molecule has 0 aliphatic carbocycles. The van der Waals surface area contributed by atoms with Crippen molar-refractivity contribution < 1.29 is 4.74 Å². The number of fused-ring (bicyclic) bond motifs is 1. The first-order valence-corrected chi connectivity index (χ1v) is 5.13. The summed E-state index contributed by atoms with van der Waals surface area (Å²) in [4.78, 5) is 4.25. The number of rotatable bonds is 0. The number of hydrogen-bond donors (Lipinski definition) is 0. The van der Waals surface area contributed by atoms with Crippen LogP contribution in [0.4, 0.5) is 0 Å². The van der Waals surface area contributed by atoms with Crippen LogP contribution in [0.15, 0.2) is 29.3 Å². The van der Waals surface area contributed by atoms with Gasteiger partial charge in [-0.05, 0) is 11.6 Å². The summed E-state index contributed by atoms with van der Waals surface area (Å²) in [6.45, 7) is 0.911. The molecule has 0 radical (unpaired) electrons. The third-order valence-electron chi connectivity index (χ3n) is 3.10. The van der Waals surface area contributed by atoms with E-state index in [-0.39, 0.29) is 5.60 Å². The van der Waals surface area contributed by atoms with Crippen molar-refractivity contribution in [1.29, 1.82) is 0 Å². The Morgan fingerprint density at radius 2 is 2.21 bits per heavy atom. The molecule has 72 valence electrons. The van der Waals surface area contributed by atoms with Gasteiger partial charge in [0.2, 0.25) is 0 Å². The van der Waals surface area contributed by atoms with Gasteiger partial charge in [-0.15, -0.1) is 0 Å². The molecular weight excluding hydrogens is 174 g/mol. The van der Waals surface area contributed by atoms with Gasteiger partial charge < -0.3 is 4.74 Å². The average molecular weight is 187 g/mol. The molecule has 2 heteroatoms. The number of aliphatic imine (C=N–C) groups is 1. The van der Waals surface area contributed by atoms with E-state index in [0.29, 0.717) is 0 Å². The second kappa shape index (κ2) is 2.84. The Hall–Kier alpha value is -1.31. The smallest absolute Gasteiger partial charge is 0.123 e. The third kappa shape index (κ3) is 1.14. The van der Waals surface area contributed by atoms with E-state index in [2.05, 4.69) is 23.2 Å². The molecule has 1 atom stereocenters. The zero-order valence-corrected chi connectivity index (χ0v) is 8.07. The molecule has 0 bridgehead atoms. The summed E-state index contributed by atoms with van der Waals surface area (Å²) in [6, 6.07) is 8.35. The van der Waals surface area contributed by atoms with E-state index in [0.717, 1.165) is 31.6 Å². The van der Waals surface area contributed by atoms with E-state index >= 15 is 0 Å². The quantitative estimate of drug-likeness (QED) is 0.610. The Kier molecular flexibility index (Phi) is 1.63. The summed E-state index contributed by atoms with van der Waals surface area (Å²) in [5, 5.41) is 0. The lowest BCUT2D eigenvalue weighted by Crippen LogP contribution is -2.37. The van der Waals surface area contributed by atoms with Crippen LogP contribution in [0.25, 0.3) is 0 Å². The molecule has 1 aromatic rings. The van der Waals surface area contributed by atoms with Gasteiger partial charge in [-0.3, -0.25) is 4.99 Å². The molecular formula is C12H13NO. The van der Waals surface area contributed by atoms with Gasteiger partial charge in [-0.2, -0.15) is 0 Å². The Morgan fingerprint density at radius 1 is 1.29 bits per heavy atom. The molecule has 0 saturated carbocycles. The monoisotopic (exact) mass is 187 g/mol. The van der Waals surface area contributed by atoms with Crippen molar-refractivity contribution in [2.45, 2.75) is 24.9 Å². The maximum Gasteiger partial charge on any atom is 0.123 e. The van der Waals surface area contributed by atoms with Crippen LogP contribution in [0, 0.1) is 0 Å². The number of nitrogens with zero attached hydrogens (tertiary/aromatic N) is 1. The van der Waals surface area contributed by atoms with Gasteiger partial charge in [0.1, 0.15) is 11.4 Å². The van der Waals surface area contributed by atoms with E-state index in [1.54, 1.807) is 0 Å². The molecule has 0 amide bonds. The van der Waals surface area contributed by atoms with E-state index in [1.807, 2.05) is 12.3 Å². The lowest BCUT2D eigenvalue weighted by Gasteiger charge is -2.29. The van der Waals surface area contributed by atoms with Crippen molar-refractivity contribution in [3.63, 3.8) is 0 Å². The molecule has 14 heavy (non-hydrogen) atoms. The second-order valence-corrected chi connectivity index (χ2v) is 4.11. The van der Waals surface area contributed by atoms with Crippen molar-refractivity contribution in [3.05, 3.63) is 29.8 Å². The van der Waals surface area contributed by atoms with Crippen LogP contribution in [-0.4, -0.2) is 18.4 Å². The molecule has 0 N–H and O–H groups in total. The highest BCUT2D eigenvalue weighted by molar-refractivity contribution is 5.61. The maximum absolute atomic E-state index is 6.04. The fraction of sp³-hybridized carbons (Fsp3) is 0.417. The molecule has 2 aliphatic heterocycles. The zero-order valence-electron chi connectivity index (χ0n) is 8.07.